The Morgan fingerprint density at radius 3 is 1.43 bits per heavy atom. The lowest BCUT2D eigenvalue weighted by atomic mass is 9.99. The Labute approximate surface area is 408 Å². The quantitative estimate of drug-likeness (QED) is 0.0261. The van der Waals surface area contributed by atoms with Crippen LogP contribution in [0.1, 0.15) is 194 Å². The molecule has 1 aliphatic heterocycles. The second kappa shape index (κ2) is 46.6. The van der Waals surface area contributed by atoms with Gasteiger partial charge >= 0.3 is 0 Å². The Hall–Kier alpha value is -3.15. The number of carbonyl (C=O) groups excluding carboxylic acids is 1. The standard InChI is InChI=1S/C58H97NO8/c1-3-5-7-9-11-13-15-17-18-19-20-21-22-23-24-25-26-27-28-29-30-31-32-33-34-36-38-40-42-44-46-48-54(62)59-51(50-66-58-57(65)56(64)55(63)53(49-60)67-58)52(61)47-45-43-41-39-37-35-16-14-12-10-8-6-4-2/h5,7,11-14,17-18,20-21,23-24,26-27,37,39,45,47,51-53,55-58,60-61,63-65H,3-4,6,8-10,15-16,19,22,25,28-36,38,40-44,46,48-50H2,1-2H3,(H,59,62)/b7-5-,13-11-,14-12+,18-17-,21-20-,24-23-,27-26-,39-37+,47-45+. The van der Waals surface area contributed by atoms with Gasteiger partial charge in [0.25, 0.3) is 0 Å². The summed E-state index contributed by atoms with van der Waals surface area (Å²) in [7, 11) is 0. The Balaban J connectivity index is 2.21. The fourth-order valence-corrected chi connectivity index (χ4v) is 7.60. The maximum Gasteiger partial charge on any atom is 0.220 e. The van der Waals surface area contributed by atoms with Crippen molar-refractivity contribution in [1.82, 2.24) is 5.32 Å². The van der Waals surface area contributed by atoms with E-state index in [1.54, 1.807) is 6.08 Å². The van der Waals surface area contributed by atoms with E-state index < -0.39 is 49.5 Å². The average Bonchev–Trinajstić information content (AvgIpc) is 3.33. The molecule has 67 heavy (non-hydrogen) atoms. The molecular formula is C58H97NO8. The van der Waals surface area contributed by atoms with Gasteiger partial charge in [-0.1, -0.05) is 200 Å². The lowest BCUT2D eigenvalue weighted by Crippen LogP contribution is -2.60. The minimum absolute atomic E-state index is 0.199. The summed E-state index contributed by atoms with van der Waals surface area (Å²) in [5.41, 5.74) is 0. The van der Waals surface area contributed by atoms with Gasteiger partial charge in [-0.15, -0.1) is 0 Å². The highest BCUT2D eigenvalue weighted by Crippen LogP contribution is 2.22. The largest absolute Gasteiger partial charge is 0.394 e. The van der Waals surface area contributed by atoms with Gasteiger partial charge in [-0.05, 0) is 96.3 Å². The molecule has 0 radical (unpaired) electrons. The van der Waals surface area contributed by atoms with Crippen LogP contribution < -0.4 is 5.32 Å². The van der Waals surface area contributed by atoms with E-state index in [0.29, 0.717) is 6.42 Å². The predicted molar refractivity (Wildman–Crippen MR) is 281 cm³/mol. The molecule has 1 aliphatic rings. The number of rotatable bonds is 43. The molecule has 0 saturated carbocycles. The normalized spacial score (nSPS) is 20.6. The average molecular weight is 936 g/mol. The molecule has 7 atom stereocenters. The zero-order valence-electron chi connectivity index (χ0n) is 42.1. The fourth-order valence-electron chi connectivity index (χ4n) is 7.60. The van der Waals surface area contributed by atoms with Crippen LogP contribution in [0.25, 0.3) is 0 Å². The number of aliphatic hydroxyl groups is 5. The Morgan fingerprint density at radius 1 is 0.522 bits per heavy atom. The third-order valence-electron chi connectivity index (χ3n) is 11.8. The number of unbranched alkanes of at least 4 members (excludes halogenated alkanes) is 17. The molecule has 1 saturated heterocycles. The predicted octanol–water partition coefficient (Wildman–Crippen LogP) is 12.6. The molecule has 0 aromatic rings. The van der Waals surface area contributed by atoms with Gasteiger partial charge in [-0.2, -0.15) is 0 Å². The minimum atomic E-state index is -1.58. The first-order chi connectivity index (χ1) is 32.8. The Kier molecular flexibility index (Phi) is 43.0. The van der Waals surface area contributed by atoms with Crippen LogP contribution in [0, 0.1) is 0 Å². The maximum absolute atomic E-state index is 13.0. The van der Waals surface area contributed by atoms with Gasteiger partial charge in [-0.3, -0.25) is 4.79 Å². The Bertz CT molecular complexity index is 1410. The van der Waals surface area contributed by atoms with Crippen LogP contribution in [0.4, 0.5) is 0 Å². The summed E-state index contributed by atoms with van der Waals surface area (Å²) in [5.74, 6) is -0.199. The van der Waals surface area contributed by atoms with Crippen molar-refractivity contribution in [2.75, 3.05) is 13.2 Å². The number of nitrogens with one attached hydrogen (secondary N) is 1. The number of hydrogen-bond donors (Lipinski definition) is 6. The number of amides is 1. The van der Waals surface area contributed by atoms with Crippen molar-refractivity contribution in [2.45, 2.75) is 236 Å². The van der Waals surface area contributed by atoms with Gasteiger partial charge in [0.05, 0.1) is 25.4 Å². The van der Waals surface area contributed by atoms with E-state index in [-0.39, 0.29) is 12.5 Å². The second-order valence-electron chi connectivity index (χ2n) is 17.9. The molecule has 0 aliphatic carbocycles. The monoisotopic (exact) mass is 936 g/mol. The van der Waals surface area contributed by atoms with Crippen molar-refractivity contribution in [2.24, 2.45) is 0 Å². The summed E-state index contributed by atoms with van der Waals surface area (Å²) in [6.07, 6.45) is 61.5. The van der Waals surface area contributed by atoms with Gasteiger partial charge < -0.3 is 40.3 Å². The highest BCUT2D eigenvalue weighted by Gasteiger charge is 2.44. The number of ether oxygens (including phenoxy) is 2. The van der Waals surface area contributed by atoms with Crippen LogP contribution in [0.2, 0.25) is 0 Å². The number of allylic oxidation sites excluding steroid dienone is 17. The van der Waals surface area contributed by atoms with Gasteiger partial charge in [-0.25, -0.2) is 0 Å². The molecule has 1 amide bonds. The topological polar surface area (TPSA) is 149 Å². The highest BCUT2D eigenvalue weighted by molar-refractivity contribution is 5.76. The van der Waals surface area contributed by atoms with Gasteiger partial charge in [0.2, 0.25) is 5.91 Å². The second-order valence-corrected chi connectivity index (χ2v) is 17.9. The van der Waals surface area contributed by atoms with E-state index in [0.717, 1.165) is 96.3 Å². The molecule has 1 fully saturated rings. The maximum atomic E-state index is 13.0. The van der Waals surface area contributed by atoms with Crippen molar-refractivity contribution in [3.05, 3.63) is 109 Å². The van der Waals surface area contributed by atoms with Crippen molar-refractivity contribution in [1.29, 1.82) is 0 Å². The molecule has 382 valence electrons. The molecule has 9 heteroatoms. The van der Waals surface area contributed by atoms with Crippen LogP contribution in [0.5, 0.6) is 0 Å². The fraction of sp³-hybridized carbons (Fsp3) is 0.672. The third-order valence-corrected chi connectivity index (χ3v) is 11.8. The lowest BCUT2D eigenvalue weighted by molar-refractivity contribution is -0.302. The summed E-state index contributed by atoms with van der Waals surface area (Å²) in [6, 6.07) is -0.835. The molecule has 9 nitrogen and oxygen atoms in total. The van der Waals surface area contributed by atoms with Crippen LogP contribution in [-0.2, 0) is 14.3 Å². The first kappa shape index (κ1) is 61.9. The van der Waals surface area contributed by atoms with Crippen molar-refractivity contribution >= 4 is 5.91 Å². The van der Waals surface area contributed by atoms with E-state index in [2.05, 4.69) is 116 Å². The third kappa shape index (κ3) is 36.5. The van der Waals surface area contributed by atoms with Crippen molar-refractivity contribution in [3.8, 4) is 0 Å². The van der Waals surface area contributed by atoms with Crippen molar-refractivity contribution < 1.29 is 39.8 Å². The number of carbonyl (C=O) groups is 1. The summed E-state index contributed by atoms with van der Waals surface area (Å²) in [5, 5.41) is 54.3. The highest BCUT2D eigenvalue weighted by atomic mass is 16.7. The van der Waals surface area contributed by atoms with Crippen LogP contribution in [0.3, 0.4) is 0 Å². The lowest BCUT2D eigenvalue weighted by Gasteiger charge is -2.40. The van der Waals surface area contributed by atoms with E-state index in [1.165, 1.54) is 77.0 Å². The van der Waals surface area contributed by atoms with Crippen LogP contribution >= 0.6 is 0 Å². The smallest absolute Gasteiger partial charge is 0.220 e. The van der Waals surface area contributed by atoms with Crippen molar-refractivity contribution in [3.63, 3.8) is 0 Å². The van der Waals surface area contributed by atoms with E-state index in [1.807, 2.05) is 6.08 Å². The summed E-state index contributed by atoms with van der Waals surface area (Å²) in [4.78, 5) is 13.0. The summed E-state index contributed by atoms with van der Waals surface area (Å²) >= 11 is 0. The molecule has 0 aromatic carbocycles. The summed E-state index contributed by atoms with van der Waals surface area (Å²) < 4.78 is 11.2. The van der Waals surface area contributed by atoms with Gasteiger partial charge in [0.1, 0.15) is 24.4 Å². The number of aliphatic hydroxyl groups excluding tert-OH is 5. The zero-order chi connectivity index (χ0) is 48.7. The van der Waals surface area contributed by atoms with Gasteiger partial charge in [0, 0.05) is 6.42 Å². The molecular weight excluding hydrogens is 839 g/mol. The van der Waals surface area contributed by atoms with E-state index in [9.17, 15) is 30.3 Å². The first-order valence-electron chi connectivity index (χ1n) is 26.6. The minimum Gasteiger partial charge on any atom is -0.394 e. The molecule has 0 spiro atoms. The molecule has 6 N–H and O–H groups in total. The zero-order valence-corrected chi connectivity index (χ0v) is 42.1. The molecule has 7 unspecified atom stereocenters. The SMILES string of the molecule is CC/C=C\C/C=C\C/C=C\C/C=C\C/C=C\C/C=C\CCCCCCCCCCCCCCC(=O)NC(COC1OC(CO)C(O)C(O)C1O)C(O)/C=C/CC/C=C/CC/C=C/CCCCC. The molecule has 1 rings (SSSR count). The summed E-state index contributed by atoms with van der Waals surface area (Å²) in [6.45, 7) is 3.59. The Morgan fingerprint density at radius 2 is 0.940 bits per heavy atom. The number of hydrogen-bond acceptors (Lipinski definition) is 8. The molecule has 0 aromatic heterocycles. The van der Waals surface area contributed by atoms with E-state index >= 15 is 0 Å². The van der Waals surface area contributed by atoms with E-state index in [4.69, 9.17) is 9.47 Å². The first-order valence-corrected chi connectivity index (χ1v) is 26.6. The van der Waals surface area contributed by atoms with Crippen LogP contribution in [0.15, 0.2) is 109 Å². The van der Waals surface area contributed by atoms with Gasteiger partial charge in [0.15, 0.2) is 6.29 Å². The molecule has 0 bridgehead atoms. The van der Waals surface area contributed by atoms with Crippen LogP contribution in [-0.4, -0.2) is 87.5 Å². The molecule has 1 heterocycles.